The maximum absolute atomic E-state index is 8.68. The first kappa shape index (κ1) is 12.9. The van der Waals surface area contributed by atoms with Gasteiger partial charge in [0.15, 0.2) is 5.84 Å². The summed E-state index contributed by atoms with van der Waals surface area (Å²) in [5, 5.41) is 11.7. The van der Waals surface area contributed by atoms with E-state index in [2.05, 4.69) is 28.3 Å². The summed E-state index contributed by atoms with van der Waals surface area (Å²) in [6.07, 6.45) is 3.68. The van der Waals surface area contributed by atoms with Crippen LogP contribution in [-0.4, -0.2) is 29.0 Å². The molecule has 1 aromatic rings. The summed E-state index contributed by atoms with van der Waals surface area (Å²) in [5.41, 5.74) is 9.88. The van der Waals surface area contributed by atoms with E-state index >= 15 is 0 Å². The number of rotatable bonds is 4. The van der Waals surface area contributed by atoms with Gasteiger partial charge in [-0.2, -0.15) is 0 Å². The van der Waals surface area contributed by atoms with Gasteiger partial charge >= 0.3 is 0 Å². The molecule has 1 atom stereocenters. The lowest BCUT2D eigenvalue weighted by molar-refractivity contribution is 0.279. The molecule has 1 unspecified atom stereocenters. The Hall–Kier alpha value is -1.55. The van der Waals surface area contributed by atoms with Crippen LogP contribution in [0.1, 0.15) is 30.0 Å². The molecule has 0 bridgehead atoms. The highest BCUT2D eigenvalue weighted by atomic mass is 16.4. The van der Waals surface area contributed by atoms with Crippen LogP contribution < -0.4 is 5.73 Å². The molecule has 1 aliphatic carbocycles. The van der Waals surface area contributed by atoms with Gasteiger partial charge in [0.25, 0.3) is 0 Å². The number of nitrogens with two attached hydrogens (primary N) is 1. The highest BCUT2D eigenvalue weighted by molar-refractivity contribution is 5.84. The summed E-state index contributed by atoms with van der Waals surface area (Å²) < 4.78 is 0. The molecule has 0 saturated heterocycles. The first-order chi connectivity index (χ1) is 8.61. The van der Waals surface area contributed by atoms with E-state index in [0.29, 0.717) is 0 Å². The van der Waals surface area contributed by atoms with Crippen LogP contribution >= 0.6 is 0 Å². The third kappa shape index (κ3) is 2.64. The summed E-state index contributed by atoms with van der Waals surface area (Å²) in [6.45, 7) is 2.74. The molecule has 0 radical (unpaired) electrons. The Morgan fingerprint density at radius 2 is 2.17 bits per heavy atom. The molecule has 4 heteroatoms. The minimum atomic E-state index is -0.0664. The number of nitrogens with zero attached hydrogens (tertiary/aromatic N) is 2. The van der Waals surface area contributed by atoms with Crippen LogP contribution in [0, 0.1) is 0 Å². The number of benzene rings is 1. The molecule has 1 aliphatic rings. The molecule has 0 fully saturated rings. The molecular weight excluding hydrogens is 226 g/mol. The number of hydrogen-bond acceptors (Lipinski definition) is 3. The second-order valence-electron chi connectivity index (χ2n) is 5.07. The second kappa shape index (κ2) is 5.40. The molecule has 98 valence electrons. The van der Waals surface area contributed by atoms with E-state index in [1.54, 1.807) is 0 Å². The molecule has 0 aromatic heterocycles. The predicted octanol–water partition coefficient (Wildman–Crippen LogP) is 1.74. The lowest BCUT2D eigenvalue weighted by Gasteiger charge is -2.23. The highest BCUT2D eigenvalue weighted by Gasteiger charge is 2.15. The van der Waals surface area contributed by atoms with Crippen LogP contribution in [0.2, 0.25) is 0 Å². The molecular formula is C14H21N3O. The summed E-state index contributed by atoms with van der Waals surface area (Å²) in [4.78, 5) is 2.08. The number of hydrogen-bond donors (Lipinski definition) is 2. The van der Waals surface area contributed by atoms with Crippen LogP contribution in [0.15, 0.2) is 23.4 Å². The van der Waals surface area contributed by atoms with Crippen molar-refractivity contribution in [1.82, 2.24) is 4.90 Å². The Morgan fingerprint density at radius 3 is 2.89 bits per heavy atom. The molecule has 1 aromatic carbocycles. The van der Waals surface area contributed by atoms with Crippen LogP contribution in [-0.2, 0) is 19.4 Å². The Balaban J connectivity index is 2.05. The Labute approximate surface area is 108 Å². The van der Waals surface area contributed by atoms with Crippen molar-refractivity contribution in [2.45, 2.75) is 38.8 Å². The van der Waals surface area contributed by atoms with Crippen molar-refractivity contribution in [3.05, 3.63) is 34.9 Å². The summed E-state index contributed by atoms with van der Waals surface area (Å²) in [6, 6.07) is 6.64. The summed E-state index contributed by atoms with van der Waals surface area (Å²) in [7, 11) is 1.98. The van der Waals surface area contributed by atoms with E-state index in [1.165, 1.54) is 36.0 Å². The van der Waals surface area contributed by atoms with E-state index in [0.717, 1.165) is 6.54 Å². The quantitative estimate of drug-likeness (QED) is 0.369. The zero-order valence-corrected chi connectivity index (χ0v) is 11.1. The Morgan fingerprint density at radius 1 is 1.44 bits per heavy atom. The van der Waals surface area contributed by atoms with Gasteiger partial charge in [-0.1, -0.05) is 23.4 Å². The first-order valence-electron chi connectivity index (χ1n) is 6.40. The minimum absolute atomic E-state index is 0.0664. The third-order valence-corrected chi connectivity index (χ3v) is 3.80. The van der Waals surface area contributed by atoms with E-state index in [-0.39, 0.29) is 11.9 Å². The van der Waals surface area contributed by atoms with Crippen molar-refractivity contribution in [2.24, 2.45) is 10.9 Å². The van der Waals surface area contributed by atoms with Crippen molar-refractivity contribution < 1.29 is 5.21 Å². The first-order valence-corrected chi connectivity index (χ1v) is 6.40. The van der Waals surface area contributed by atoms with Crippen LogP contribution in [0.3, 0.4) is 0 Å². The fraction of sp³-hybridized carbons (Fsp3) is 0.500. The topological polar surface area (TPSA) is 61.9 Å². The van der Waals surface area contributed by atoms with Gasteiger partial charge in [0.05, 0.1) is 6.04 Å². The van der Waals surface area contributed by atoms with Gasteiger partial charge in [-0.15, -0.1) is 0 Å². The van der Waals surface area contributed by atoms with Crippen molar-refractivity contribution in [3.8, 4) is 0 Å². The normalized spacial score (nSPS) is 16.9. The second-order valence-corrected chi connectivity index (χ2v) is 5.07. The molecule has 4 nitrogen and oxygen atoms in total. The van der Waals surface area contributed by atoms with Crippen LogP contribution in [0.25, 0.3) is 0 Å². The van der Waals surface area contributed by atoms with Gasteiger partial charge in [-0.25, -0.2) is 0 Å². The lowest BCUT2D eigenvalue weighted by Crippen LogP contribution is -2.40. The van der Waals surface area contributed by atoms with Gasteiger partial charge in [0.2, 0.25) is 0 Å². The molecule has 0 heterocycles. The fourth-order valence-corrected chi connectivity index (χ4v) is 2.46. The molecule has 0 aliphatic heterocycles. The molecule has 18 heavy (non-hydrogen) atoms. The van der Waals surface area contributed by atoms with Crippen molar-refractivity contribution in [3.63, 3.8) is 0 Å². The van der Waals surface area contributed by atoms with Crippen molar-refractivity contribution in [2.75, 3.05) is 7.05 Å². The SMILES string of the molecule is CC(C(N)=NO)N(C)Cc1ccc2c(c1)CCC2. The zero-order chi connectivity index (χ0) is 13.1. The monoisotopic (exact) mass is 247 g/mol. The zero-order valence-electron chi connectivity index (χ0n) is 11.1. The fourth-order valence-electron chi connectivity index (χ4n) is 2.46. The largest absolute Gasteiger partial charge is 0.409 e. The highest BCUT2D eigenvalue weighted by Crippen LogP contribution is 2.23. The molecule has 0 spiro atoms. The number of aryl methyl sites for hydroxylation is 2. The maximum atomic E-state index is 8.68. The van der Waals surface area contributed by atoms with Crippen molar-refractivity contribution >= 4 is 5.84 Å². The molecule has 2 rings (SSSR count). The number of fused-ring (bicyclic) bond motifs is 1. The molecule has 0 amide bonds. The molecule has 3 N–H and O–H groups in total. The van der Waals surface area contributed by atoms with Crippen molar-refractivity contribution in [1.29, 1.82) is 0 Å². The smallest absolute Gasteiger partial charge is 0.156 e. The summed E-state index contributed by atoms with van der Waals surface area (Å²) in [5.74, 6) is 0.249. The maximum Gasteiger partial charge on any atom is 0.156 e. The van der Waals surface area contributed by atoms with Gasteiger partial charge in [0.1, 0.15) is 0 Å². The standard InChI is InChI=1S/C14H21N3O/c1-10(14(15)16-18)17(2)9-11-6-7-12-4-3-5-13(12)8-11/h6-8,10,18H,3-5,9H2,1-2H3,(H2,15,16). The van der Waals surface area contributed by atoms with Gasteiger partial charge < -0.3 is 10.9 Å². The van der Waals surface area contributed by atoms with Gasteiger partial charge in [-0.3, -0.25) is 4.90 Å². The van der Waals surface area contributed by atoms with E-state index in [9.17, 15) is 0 Å². The molecule has 0 saturated carbocycles. The minimum Gasteiger partial charge on any atom is -0.409 e. The third-order valence-electron chi connectivity index (χ3n) is 3.80. The van der Waals surface area contributed by atoms with E-state index in [4.69, 9.17) is 10.9 Å². The summed E-state index contributed by atoms with van der Waals surface area (Å²) >= 11 is 0. The number of oxime groups is 1. The Bertz CT molecular complexity index is 456. The van der Waals surface area contributed by atoms with E-state index < -0.39 is 0 Å². The number of likely N-dealkylation sites (N-methyl/N-ethyl adjacent to an activating group) is 1. The van der Waals surface area contributed by atoms with Crippen LogP contribution in [0.4, 0.5) is 0 Å². The predicted molar refractivity (Wildman–Crippen MR) is 72.8 cm³/mol. The van der Waals surface area contributed by atoms with E-state index in [1.807, 2.05) is 14.0 Å². The van der Waals surface area contributed by atoms with Gasteiger partial charge in [-0.05, 0) is 49.9 Å². The van der Waals surface area contributed by atoms with Gasteiger partial charge in [0, 0.05) is 6.54 Å². The average Bonchev–Trinajstić information content (AvgIpc) is 2.84. The average molecular weight is 247 g/mol. The Kier molecular flexibility index (Phi) is 3.87. The lowest BCUT2D eigenvalue weighted by atomic mass is 10.1. The van der Waals surface area contributed by atoms with Crippen LogP contribution in [0.5, 0.6) is 0 Å². The number of amidine groups is 1.